The molecular weight excluding hydrogens is 392 g/mol. The standard InChI is InChI=1S/C12H17Cl2N3O2S.2ClH/c13-10-1-2-12(11(14)9-10)20(18,19)16-5-8-17-6-3-15-4-7-17;;/h1-2,9,15-16H,3-8H2;2*1H. The maximum atomic E-state index is 12.1. The molecule has 0 saturated carbocycles. The van der Waals surface area contributed by atoms with E-state index in [1.807, 2.05) is 0 Å². The summed E-state index contributed by atoms with van der Waals surface area (Å²) in [6.45, 7) is 4.80. The third kappa shape index (κ3) is 6.37. The molecule has 1 saturated heterocycles. The molecule has 22 heavy (non-hydrogen) atoms. The van der Waals surface area contributed by atoms with E-state index in [1.54, 1.807) is 0 Å². The number of benzene rings is 1. The first-order chi connectivity index (χ1) is 9.49. The van der Waals surface area contributed by atoms with Crippen molar-refractivity contribution in [2.45, 2.75) is 4.90 Å². The second-order valence-electron chi connectivity index (χ2n) is 4.56. The number of nitrogens with one attached hydrogen (secondary N) is 2. The Balaban J connectivity index is 0.00000220. The molecule has 0 aromatic heterocycles. The zero-order chi connectivity index (χ0) is 14.6. The number of sulfonamides is 1. The first kappa shape index (κ1) is 22.2. The largest absolute Gasteiger partial charge is 0.314 e. The predicted octanol–water partition coefficient (Wildman–Crippen LogP) is 2.02. The van der Waals surface area contributed by atoms with Crippen LogP contribution in [0.2, 0.25) is 10.0 Å². The summed E-state index contributed by atoms with van der Waals surface area (Å²) in [6, 6.07) is 4.35. The molecule has 2 N–H and O–H groups in total. The fraction of sp³-hybridized carbons (Fsp3) is 0.500. The molecule has 1 aliphatic rings. The van der Waals surface area contributed by atoms with Crippen molar-refractivity contribution in [1.82, 2.24) is 14.9 Å². The first-order valence-corrected chi connectivity index (χ1v) is 8.61. The van der Waals surface area contributed by atoms with Crippen LogP contribution in [0.1, 0.15) is 0 Å². The maximum absolute atomic E-state index is 12.1. The van der Waals surface area contributed by atoms with E-state index in [1.165, 1.54) is 18.2 Å². The van der Waals surface area contributed by atoms with Gasteiger partial charge in [-0.2, -0.15) is 0 Å². The van der Waals surface area contributed by atoms with Crippen LogP contribution in [0.3, 0.4) is 0 Å². The van der Waals surface area contributed by atoms with Gasteiger partial charge in [0.05, 0.1) is 5.02 Å². The van der Waals surface area contributed by atoms with Gasteiger partial charge >= 0.3 is 0 Å². The Bertz CT molecular complexity index is 565. The Morgan fingerprint density at radius 2 is 1.82 bits per heavy atom. The topological polar surface area (TPSA) is 61.4 Å². The normalized spacial score (nSPS) is 15.7. The highest BCUT2D eigenvalue weighted by Crippen LogP contribution is 2.24. The zero-order valence-electron chi connectivity index (χ0n) is 11.7. The molecule has 1 aromatic rings. The molecule has 0 radical (unpaired) electrons. The molecule has 1 aliphatic heterocycles. The van der Waals surface area contributed by atoms with Crippen LogP contribution in [0.4, 0.5) is 0 Å². The van der Waals surface area contributed by atoms with Gasteiger partial charge in [-0.05, 0) is 18.2 Å². The molecule has 0 amide bonds. The smallest absolute Gasteiger partial charge is 0.242 e. The van der Waals surface area contributed by atoms with Gasteiger partial charge in [-0.25, -0.2) is 13.1 Å². The van der Waals surface area contributed by atoms with Crippen LogP contribution in [-0.2, 0) is 10.0 Å². The van der Waals surface area contributed by atoms with E-state index in [0.717, 1.165) is 26.2 Å². The number of halogens is 4. The number of rotatable bonds is 5. The van der Waals surface area contributed by atoms with Gasteiger partial charge < -0.3 is 5.32 Å². The quantitative estimate of drug-likeness (QED) is 0.779. The van der Waals surface area contributed by atoms with Gasteiger partial charge in [0.15, 0.2) is 0 Å². The summed E-state index contributed by atoms with van der Waals surface area (Å²) in [5.41, 5.74) is 0. The third-order valence-corrected chi connectivity index (χ3v) is 5.29. The monoisotopic (exact) mass is 409 g/mol. The van der Waals surface area contributed by atoms with Gasteiger partial charge in [-0.1, -0.05) is 23.2 Å². The van der Waals surface area contributed by atoms with Crippen molar-refractivity contribution in [2.75, 3.05) is 39.3 Å². The van der Waals surface area contributed by atoms with E-state index in [9.17, 15) is 8.42 Å². The minimum Gasteiger partial charge on any atom is -0.314 e. The molecule has 0 aliphatic carbocycles. The van der Waals surface area contributed by atoms with Crippen LogP contribution in [0.5, 0.6) is 0 Å². The summed E-state index contributed by atoms with van der Waals surface area (Å²) in [7, 11) is -3.59. The number of hydrogen-bond acceptors (Lipinski definition) is 4. The Labute approximate surface area is 153 Å². The second-order valence-corrected chi connectivity index (χ2v) is 7.14. The lowest BCUT2D eigenvalue weighted by Gasteiger charge is -2.27. The molecule has 0 atom stereocenters. The highest BCUT2D eigenvalue weighted by atomic mass is 35.5. The van der Waals surface area contributed by atoms with Gasteiger partial charge in [0, 0.05) is 44.3 Å². The highest BCUT2D eigenvalue weighted by molar-refractivity contribution is 7.89. The lowest BCUT2D eigenvalue weighted by Crippen LogP contribution is -2.46. The summed E-state index contributed by atoms with van der Waals surface area (Å²) in [5.74, 6) is 0. The van der Waals surface area contributed by atoms with Gasteiger partial charge in [0.2, 0.25) is 10.0 Å². The van der Waals surface area contributed by atoms with Gasteiger partial charge in [-0.15, -0.1) is 24.8 Å². The minimum absolute atomic E-state index is 0. The molecule has 1 aromatic carbocycles. The maximum Gasteiger partial charge on any atom is 0.242 e. The predicted molar refractivity (Wildman–Crippen MR) is 95.5 cm³/mol. The summed E-state index contributed by atoms with van der Waals surface area (Å²) < 4.78 is 26.8. The van der Waals surface area contributed by atoms with E-state index in [-0.39, 0.29) is 34.7 Å². The third-order valence-electron chi connectivity index (χ3n) is 3.11. The Kier molecular flexibility index (Phi) is 10.3. The second kappa shape index (κ2) is 10.2. The molecule has 0 bridgehead atoms. The highest BCUT2D eigenvalue weighted by Gasteiger charge is 2.18. The zero-order valence-corrected chi connectivity index (χ0v) is 15.7. The average molecular weight is 411 g/mol. The Hall–Kier alpha value is 0.210. The van der Waals surface area contributed by atoms with E-state index in [4.69, 9.17) is 23.2 Å². The summed E-state index contributed by atoms with van der Waals surface area (Å²) in [4.78, 5) is 2.27. The molecule has 1 heterocycles. The lowest BCUT2D eigenvalue weighted by atomic mass is 10.3. The Morgan fingerprint density at radius 1 is 1.18 bits per heavy atom. The molecule has 10 heteroatoms. The van der Waals surface area contributed by atoms with Crippen LogP contribution in [-0.4, -0.2) is 52.6 Å². The molecule has 2 rings (SSSR count). The van der Waals surface area contributed by atoms with Crippen molar-refractivity contribution in [1.29, 1.82) is 0 Å². The number of piperazine rings is 1. The molecule has 0 spiro atoms. The van der Waals surface area contributed by atoms with E-state index in [0.29, 0.717) is 18.1 Å². The van der Waals surface area contributed by atoms with E-state index >= 15 is 0 Å². The molecule has 5 nitrogen and oxygen atoms in total. The van der Waals surface area contributed by atoms with Crippen molar-refractivity contribution < 1.29 is 8.42 Å². The average Bonchev–Trinajstić information content (AvgIpc) is 2.39. The van der Waals surface area contributed by atoms with Crippen LogP contribution >= 0.6 is 48.0 Å². The van der Waals surface area contributed by atoms with Gasteiger partial charge in [0.1, 0.15) is 4.90 Å². The van der Waals surface area contributed by atoms with Crippen molar-refractivity contribution in [3.63, 3.8) is 0 Å². The Morgan fingerprint density at radius 3 is 2.41 bits per heavy atom. The fourth-order valence-electron chi connectivity index (χ4n) is 2.04. The van der Waals surface area contributed by atoms with Crippen LogP contribution in [0.25, 0.3) is 0 Å². The molecule has 0 unspecified atom stereocenters. The minimum atomic E-state index is -3.59. The summed E-state index contributed by atoms with van der Waals surface area (Å²) >= 11 is 11.7. The van der Waals surface area contributed by atoms with Gasteiger partial charge in [-0.3, -0.25) is 4.90 Å². The van der Waals surface area contributed by atoms with E-state index in [2.05, 4.69) is 14.9 Å². The van der Waals surface area contributed by atoms with Gasteiger partial charge in [0.25, 0.3) is 0 Å². The first-order valence-electron chi connectivity index (χ1n) is 6.37. The lowest BCUT2D eigenvalue weighted by molar-refractivity contribution is 0.245. The van der Waals surface area contributed by atoms with Crippen molar-refractivity contribution >= 4 is 58.0 Å². The van der Waals surface area contributed by atoms with Crippen molar-refractivity contribution in [3.05, 3.63) is 28.2 Å². The van der Waals surface area contributed by atoms with Crippen molar-refractivity contribution in [3.8, 4) is 0 Å². The molecule has 1 fully saturated rings. The van der Waals surface area contributed by atoms with Crippen LogP contribution in [0.15, 0.2) is 23.1 Å². The molecule has 128 valence electrons. The summed E-state index contributed by atoms with van der Waals surface area (Å²) in [6.07, 6.45) is 0. The number of nitrogens with zero attached hydrogens (tertiary/aromatic N) is 1. The summed E-state index contributed by atoms with van der Waals surface area (Å²) in [5, 5.41) is 3.79. The van der Waals surface area contributed by atoms with Crippen LogP contribution < -0.4 is 10.0 Å². The van der Waals surface area contributed by atoms with E-state index < -0.39 is 10.0 Å². The van der Waals surface area contributed by atoms with Crippen LogP contribution in [0, 0.1) is 0 Å². The van der Waals surface area contributed by atoms with Crippen molar-refractivity contribution in [2.24, 2.45) is 0 Å². The molecular formula is C12H19Cl4N3O2S. The SMILES string of the molecule is Cl.Cl.O=S(=O)(NCCN1CCNCC1)c1ccc(Cl)cc1Cl. The fourth-order valence-corrected chi connectivity index (χ4v) is 3.84. The number of hydrogen-bond donors (Lipinski definition) is 2.